The van der Waals surface area contributed by atoms with Gasteiger partial charge in [-0.05, 0) is 45.5 Å². The predicted octanol–water partition coefficient (Wildman–Crippen LogP) is 1.69. The number of likely N-dealkylation sites (N-methyl/N-ethyl adjacent to an activating group) is 1. The van der Waals surface area contributed by atoms with Crippen molar-refractivity contribution in [2.45, 2.75) is 45.7 Å². The summed E-state index contributed by atoms with van der Waals surface area (Å²) in [5.74, 6) is -0.0819. The third-order valence-corrected chi connectivity index (χ3v) is 4.48. The smallest absolute Gasteiger partial charge is 0.271 e. The number of halogens is 1. The van der Waals surface area contributed by atoms with Crippen LogP contribution in [-0.2, 0) is 0 Å². The van der Waals surface area contributed by atoms with Gasteiger partial charge in [-0.2, -0.15) is 5.10 Å². The van der Waals surface area contributed by atoms with E-state index in [0.29, 0.717) is 24.3 Å². The minimum absolute atomic E-state index is 0. The van der Waals surface area contributed by atoms with Crippen LogP contribution in [0, 0.1) is 0 Å². The molecule has 6 nitrogen and oxygen atoms in total. The lowest BCUT2D eigenvalue weighted by Crippen LogP contribution is -2.42. The Morgan fingerprint density at radius 3 is 2.87 bits per heavy atom. The lowest BCUT2D eigenvalue weighted by Gasteiger charge is -2.26. The molecule has 2 rings (SSSR count). The fourth-order valence-corrected chi connectivity index (χ4v) is 3.03. The molecule has 2 unspecified atom stereocenters. The van der Waals surface area contributed by atoms with E-state index in [1.54, 1.807) is 0 Å². The molecule has 0 radical (unpaired) electrons. The highest BCUT2D eigenvalue weighted by Crippen LogP contribution is 2.15. The standard InChI is InChI=1S/C16H29N5O.ClH/c1-4-20(5-2)13(3)11-18-16(22)15-8-10-21(19-15)14-7-6-9-17-12-14;/h8,10,13-14,17H,4-7,9,11-12H2,1-3H3,(H,18,22);1H. The Bertz CT molecular complexity index is 469. The molecule has 0 aromatic carbocycles. The van der Waals surface area contributed by atoms with Crippen LogP contribution in [0.2, 0.25) is 0 Å². The molecule has 0 aliphatic carbocycles. The molecule has 1 saturated heterocycles. The summed E-state index contributed by atoms with van der Waals surface area (Å²) >= 11 is 0. The Morgan fingerprint density at radius 2 is 2.26 bits per heavy atom. The maximum absolute atomic E-state index is 12.2. The summed E-state index contributed by atoms with van der Waals surface area (Å²) in [5, 5.41) is 10.8. The highest BCUT2D eigenvalue weighted by atomic mass is 35.5. The quantitative estimate of drug-likeness (QED) is 0.791. The minimum atomic E-state index is -0.0819. The second-order valence-corrected chi connectivity index (χ2v) is 5.96. The minimum Gasteiger partial charge on any atom is -0.349 e. The summed E-state index contributed by atoms with van der Waals surface area (Å²) in [6.45, 7) is 11.1. The van der Waals surface area contributed by atoms with Crippen molar-refractivity contribution in [3.63, 3.8) is 0 Å². The first-order valence-electron chi connectivity index (χ1n) is 8.43. The van der Waals surface area contributed by atoms with Crippen molar-refractivity contribution < 1.29 is 4.79 Å². The molecule has 1 aromatic heterocycles. The molecule has 0 saturated carbocycles. The number of hydrogen-bond donors (Lipinski definition) is 2. The highest BCUT2D eigenvalue weighted by molar-refractivity contribution is 5.92. The monoisotopic (exact) mass is 343 g/mol. The van der Waals surface area contributed by atoms with Crippen molar-refractivity contribution in [2.24, 2.45) is 0 Å². The zero-order valence-corrected chi connectivity index (χ0v) is 15.2. The van der Waals surface area contributed by atoms with Crippen LogP contribution >= 0.6 is 12.4 Å². The van der Waals surface area contributed by atoms with Crippen LogP contribution in [0.25, 0.3) is 0 Å². The zero-order valence-electron chi connectivity index (χ0n) is 14.4. The Balaban J connectivity index is 0.00000264. The van der Waals surface area contributed by atoms with Crippen LogP contribution in [0.4, 0.5) is 0 Å². The van der Waals surface area contributed by atoms with Gasteiger partial charge in [0.05, 0.1) is 6.04 Å². The molecule has 2 atom stereocenters. The number of carbonyl (C=O) groups is 1. The molecule has 0 spiro atoms. The molecule has 1 fully saturated rings. The SMILES string of the molecule is CCN(CC)C(C)CNC(=O)c1ccn(C2CCCNC2)n1.Cl. The Labute approximate surface area is 145 Å². The highest BCUT2D eigenvalue weighted by Gasteiger charge is 2.18. The van der Waals surface area contributed by atoms with Gasteiger partial charge >= 0.3 is 0 Å². The molecule has 1 aliphatic rings. The third kappa shape index (κ3) is 5.48. The van der Waals surface area contributed by atoms with Gasteiger partial charge in [0.1, 0.15) is 5.69 Å². The van der Waals surface area contributed by atoms with E-state index in [9.17, 15) is 4.79 Å². The van der Waals surface area contributed by atoms with Crippen LogP contribution < -0.4 is 10.6 Å². The van der Waals surface area contributed by atoms with Gasteiger partial charge in [0.25, 0.3) is 5.91 Å². The number of amides is 1. The topological polar surface area (TPSA) is 62.2 Å². The summed E-state index contributed by atoms with van der Waals surface area (Å²) in [6.07, 6.45) is 4.20. The summed E-state index contributed by atoms with van der Waals surface area (Å²) in [4.78, 5) is 14.5. The second kappa shape index (κ2) is 9.90. The molecule has 1 amide bonds. The van der Waals surface area contributed by atoms with Crippen LogP contribution in [0.5, 0.6) is 0 Å². The number of aromatic nitrogens is 2. The first-order chi connectivity index (χ1) is 10.7. The third-order valence-electron chi connectivity index (χ3n) is 4.48. The van der Waals surface area contributed by atoms with Crippen molar-refractivity contribution in [3.8, 4) is 0 Å². The van der Waals surface area contributed by atoms with Gasteiger partial charge in [0.2, 0.25) is 0 Å². The molecule has 23 heavy (non-hydrogen) atoms. The molecule has 2 N–H and O–H groups in total. The van der Waals surface area contributed by atoms with E-state index in [1.807, 2.05) is 16.9 Å². The van der Waals surface area contributed by atoms with Crippen LogP contribution in [-0.4, -0.2) is 59.4 Å². The molecular formula is C16H30ClN5O. The fourth-order valence-electron chi connectivity index (χ4n) is 3.03. The van der Waals surface area contributed by atoms with E-state index in [4.69, 9.17) is 0 Å². The fraction of sp³-hybridized carbons (Fsp3) is 0.750. The average molecular weight is 344 g/mol. The van der Waals surface area contributed by atoms with Crippen LogP contribution in [0.1, 0.15) is 50.1 Å². The lowest BCUT2D eigenvalue weighted by molar-refractivity contribution is 0.0931. The molecule has 0 bridgehead atoms. The van der Waals surface area contributed by atoms with Gasteiger partial charge in [0.15, 0.2) is 0 Å². The van der Waals surface area contributed by atoms with E-state index in [1.165, 1.54) is 0 Å². The van der Waals surface area contributed by atoms with Gasteiger partial charge < -0.3 is 10.6 Å². The molecule has 132 valence electrons. The normalized spacial score (nSPS) is 19.2. The summed E-state index contributed by atoms with van der Waals surface area (Å²) < 4.78 is 1.93. The maximum atomic E-state index is 12.2. The molecule has 1 aliphatic heterocycles. The first kappa shape index (κ1) is 19.9. The van der Waals surface area contributed by atoms with Gasteiger partial charge in [0, 0.05) is 25.3 Å². The summed E-state index contributed by atoms with van der Waals surface area (Å²) in [6, 6.07) is 2.51. The van der Waals surface area contributed by atoms with Crippen molar-refractivity contribution in [1.29, 1.82) is 0 Å². The molecule has 2 heterocycles. The number of nitrogens with zero attached hydrogens (tertiary/aromatic N) is 3. The molecule has 1 aromatic rings. The maximum Gasteiger partial charge on any atom is 0.271 e. The van der Waals surface area contributed by atoms with E-state index in [0.717, 1.165) is 39.0 Å². The van der Waals surface area contributed by atoms with E-state index in [2.05, 4.69) is 41.4 Å². The second-order valence-electron chi connectivity index (χ2n) is 5.96. The van der Waals surface area contributed by atoms with Crippen molar-refractivity contribution in [2.75, 3.05) is 32.7 Å². The molecular weight excluding hydrogens is 314 g/mol. The van der Waals surface area contributed by atoms with Crippen LogP contribution in [0.3, 0.4) is 0 Å². The van der Waals surface area contributed by atoms with E-state index >= 15 is 0 Å². The lowest BCUT2D eigenvalue weighted by atomic mass is 10.1. The van der Waals surface area contributed by atoms with Gasteiger partial charge in [-0.3, -0.25) is 14.4 Å². The number of rotatable bonds is 7. The van der Waals surface area contributed by atoms with Crippen LogP contribution in [0.15, 0.2) is 12.3 Å². The Morgan fingerprint density at radius 1 is 1.52 bits per heavy atom. The Hall–Kier alpha value is -1.11. The average Bonchev–Trinajstić information content (AvgIpc) is 3.04. The summed E-state index contributed by atoms with van der Waals surface area (Å²) in [7, 11) is 0. The van der Waals surface area contributed by atoms with Gasteiger partial charge in [-0.1, -0.05) is 13.8 Å². The van der Waals surface area contributed by atoms with Crippen molar-refractivity contribution in [1.82, 2.24) is 25.3 Å². The number of piperidine rings is 1. The Kier molecular flexibility index (Phi) is 8.58. The summed E-state index contributed by atoms with van der Waals surface area (Å²) in [5.41, 5.74) is 0.511. The first-order valence-corrected chi connectivity index (χ1v) is 8.43. The zero-order chi connectivity index (χ0) is 15.9. The number of nitrogens with one attached hydrogen (secondary N) is 2. The van der Waals surface area contributed by atoms with Gasteiger partial charge in [-0.25, -0.2) is 0 Å². The van der Waals surface area contributed by atoms with Crippen molar-refractivity contribution in [3.05, 3.63) is 18.0 Å². The van der Waals surface area contributed by atoms with Crippen molar-refractivity contribution >= 4 is 18.3 Å². The number of hydrogen-bond acceptors (Lipinski definition) is 4. The predicted molar refractivity (Wildman–Crippen MR) is 95.3 cm³/mol. The van der Waals surface area contributed by atoms with E-state index < -0.39 is 0 Å². The van der Waals surface area contributed by atoms with E-state index in [-0.39, 0.29) is 18.3 Å². The molecule has 7 heteroatoms. The van der Waals surface area contributed by atoms with Gasteiger partial charge in [-0.15, -0.1) is 12.4 Å². The largest absolute Gasteiger partial charge is 0.349 e. The number of carbonyl (C=O) groups excluding carboxylic acids is 1.